The van der Waals surface area contributed by atoms with Crippen molar-refractivity contribution < 1.29 is 4.79 Å². The van der Waals surface area contributed by atoms with Gasteiger partial charge in [-0.2, -0.15) is 0 Å². The van der Waals surface area contributed by atoms with Crippen LogP contribution in [0.4, 0.5) is 5.69 Å². The molecule has 0 aliphatic carbocycles. The lowest BCUT2D eigenvalue weighted by atomic mass is 10.0. The number of aryl methyl sites for hydroxylation is 3. The van der Waals surface area contributed by atoms with Crippen LogP contribution in [-0.2, 0) is 11.2 Å². The van der Waals surface area contributed by atoms with Crippen LogP contribution in [0.15, 0.2) is 18.2 Å². The molecule has 0 saturated carbocycles. The van der Waals surface area contributed by atoms with Crippen molar-refractivity contribution in [3.63, 3.8) is 0 Å². The molecule has 4 heteroatoms. The van der Waals surface area contributed by atoms with E-state index in [1.165, 1.54) is 10.4 Å². The molecular weight excluding hydrogens is 244 g/mol. The van der Waals surface area contributed by atoms with Gasteiger partial charge in [0, 0.05) is 22.5 Å². The monoisotopic (exact) mass is 258 g/mol. The minimum Gasteiger partial charge on any atom is -0.326 e. The second kappa shape index (κ2) is 4.21. The summed E-state index contributed by atoms with van der Waals surface area (Å²) in [6.07, 6.45) is 1.39. The van der Waals surface area contributed by atoms with Crippen LogP contribution in [0.5, 0.6) is 0 Å². The van der Waals surface area contributed by atoms with Gasteiger partial charge in [-0.25, -0.2) is 4.98 Å². The molecule has 0 radical (unpaired) electrons. The third-order valence-corrected chi connectivity index (χ3v) is 4.40. The Bertz CT molecular complexity index is 611. The van der Waals surface area contributed by atoms with E-state index in [1.54, 1.807) is 11.3 Å². The number of thiazole rings is 1. The highest BCUT2D eigenvalue weighted by molar-refractivity contribution is 7.15. The average Bonchev–Trinajstić information content (AvgIpc) is 2.69. The van der Waals surface area contributed by atoms with Crippen molar-refractivity contribution in [3.05, 3.63) is 34.3 Å². The Balaban J connectivity index is 2.02. The number of aromatic nitrogens is 1. The van der Waals surface area contributed by atoms with Gasteiger partial charge in [-0.15, -0.1) is 11.3 Å². The second-order valence-corrected chi connectivity index (χ2v) is 5.78. The molecule has 2 heterocycles. The third kappa shape index (κ3) is 1.93. The zero-order chi connectivity index (χ0) is 12.7. The first-order chi connectivity index (χ1) is 8.63. The number of nitrogens with zero attached hydrogens (tertiary/aromatic N) is 1. The van der Waals surface area contributed by atoms with Gasteiger partial charge in [0.1, 0.15) is 5.01 Å². The SMILES string of the molecule is Cc1nc(-c2ccc3c(c2)CCC(=O)N3)sc1C. The largest absolute Gasteiger partial charge is 0.326 e. The normalized spacial score (nSPS) is 14.2. The molecule has 1 N–H and O–H groups in total. The first-order valence-corrected chi connectivity index (χ1v) is 6.82. The number of benzene rings is 1. The number of anilines is 1. The summed E-state index contributed by atoms with van der Waals surface area (Å²) in [5.74, 6) is 0.108. The number of amides is 1. The standard InChI is InChI=1S/C14H14N2OS/c1-8-9(2)18-14(15-8)11-3-5-12-10(7-11)4-6-13(17)16-12/h3,5,7H,4,6H2,1-2H3,(H,16,17). The summed E-state index contributed by atoms with van der Waals surface area (Å²) in [4.78, 5) is 17.1. The van der Waals surface area contributed by atoms with E-state index >= 15 is 0 Å². The quantitative estimate of drug-likeness (QED) is 0.852. The maximum absolute atomic E-state index is 11.3. The van der Waals surface area contributed by atoms with Gasteiger partial charge in [0.25, 0.3) is 0 Å². The number of fused-ring (bicyclic) bond motifs is 1. The highest BCUT2D eigenvalue weighted by atomic mass is 32.1. The molecule has 3 rings (SSSR count). The lowest BCUT2D eigenvalue weighted by molar-refractivity contribution is -0.116. The Morgan fingerprint density at radius 3 is 2.83 bits per heavy atom. The van der Waals surface area contributed by atoms with Crippen LogP contribution in [-0.4, -0.2) is 10.9 Å². The summed E-state index contributed by atoms with van der Waals surface area (Å²) in [7, 11) is 0. The van der Waals surface area contributed by atoms with Crippen molar-refractivity contribution in [1.29, 1.82) is 0 Å². The minimum absolute atomic E-state index is 0.108. The zero-order valence-corrected chi connectivity index (χ0v) is 11.2. The number of rotatable bonds is 1. The van der Waals surface area contributed by atoms with Crippen LogP contribution in [0.2, 0.25) is 0 Å². The predicted octanol–water partition coefficient (Wildman–Crippen LogP) is 3.31. The average molecular weight is 258 g/mol. The fourth-order valence-corrected chi connectivity index (χ4v) is 3.02. The van der Waals surface area contributed by atoms with Gasteiger partial charge >= 0.3 is 0 Å². The Morgan fingerprint density at radius 1 is 1.28 bits per heavy atom. The number of carbonyl (C=O) groups is 1. The van der Waals surface area contributed by atoms with E-state index in [9.17, 15) is 4.79 Å². The molecular formula is C14H14N2OS. The van der Waals surface area contributed by atoms with E-state index in [2.05, 4.69) is 23.3 Å². The van der Waals surface area contributed by atoms with Crippen molar-refractivity contribution in [2.45, 2.75) is 26.7 Å². The summed E-state index contributed by atoms with van der Waals surface area (Å²) < 4.78 is 0. The zero-order valence-electron chi connectivity index (χ0n) is 10.4. The van der Waals surface area contributed by atoms with Gasteiger partial charge in [0.15, 0.2) is 0 Å². The Hall–Kier alpha value is -1.68. The summed E-state index contributed by atoms with van der Waals surface area (Å²) in [6.45, 7) is 4.13. The fraction of sp³-hybridized carbons (Fsp3) is 0.286. The van der Waals surface area contributed by atoms with Crippen LogP contribution in [0.25, 0.3) is 10.6 Å². The van der Waals surface area contributed by atoms with Gasteiger partial charge in [-0.05, 0) is 44.0 Å². The Morgan fingerprint density at radius 2 is 2.11 bits per heavy atom. The first-order valence-electron chi connectivity index (χ1n) is 6.00. The molecule has 1 aromatic carbocycles. The highest BCUT2D eigenvalue weighted by Gasteiger charge is 2.16. The maximum Gasteiger partial charge on any atom is 0.224 e. The van der Waals surface area contributed by atoms with Crippen LogP contribution in [0.3, 0.4) is 0 Å². The van der Waals surface area contributed by atoms with Crippen molar-refractivity contribution in [2.24, 2.45) is 0 Å². The van der Waals surface area contributed by atoms with Gasteiger partial charge in [-0.1, -0.05) is 0 Å². The van der Waals surface area contributed by atoms with Crippen molar-refractivity contribution in [3.8, 4) is 10.6 Å². The lowest BCUT2D eigenvalue weighted by Crippen LogP contribution is -2.18. The summed E-state index contributed by atoms with van der Waals surface area (Å²) >= 11 is 1.72. The molecule has 0 unspecified atom stereocenters. The Labute approximate surface area is 110 Å². The van der Waals surface area contributed by atoms with E-state index in [0.717, 1.165) is 28.4 Å². The highest BCUT2D eigenvalue weighted by Crippen LogP contribution is 2.31. The van der Waals surface area contributed by atoms with Gasteiger partial charge in [-0.3, -0.25) is 4.79 Å². The molecule has 0 bridgehead atoms. The fourth-order valence-electron chi connectivity index (χ4n) is 2.11. The molecule has 0 saturated heterocycles. The van der Waals surface area contributed by atoms with Crippen LogP contribution in [0, 0.1) is 13.8 Å². The molecule has 0 atom stereocenters. The molecule has 2 aromatic rings. The summed E-state index contributed by atoms with van der Waals surface area (Å²) in [5.41, 5.74) is 4.39. The Kier molecular flexibility index (Phi) is 2.67. The second-order valence-electron chi connectivity index (χ2n) is 4.58. The molecule has 0 fully saturated rings. The van der Waals surface area contributed by atoms with Crippen molar-refractivity contribution in [2.75, 3.05) is 5.32 Å². The third-order valence-electron chi connectivity index (χ3n) is 3.28. The van der Waals surface area contributed by atoms with Crippen LogP contribution < -0.4 is 5.32 Å². The molecule has 1 aliphatic heterocycles. The summed E-state index contributed by atoms with van der Waals surface area (Å²) in [6, 6.07) is 6.16. The van der Waals surface area contributed by atoms with Gasteiger partial charge in [0.2, 0.25) is 5.91 Å². The lowest BCUT2D eigenvalue weighted by Gasteiger charge is -2.17. The van der Waals surface area contributed by atoms with E-state index in [1.807, 2.05) is 19.1 Å². The number of hydrogen-bond acceptors (Lipinski definition) is 3. The number of carbonyl (C=O) groups excluding carboxylic acids is 1. The number of nitrogens with one attached hydrogen (secondary N) is 1. The molecule has 18 heavy (non-hydrogen) atoms. The molecule has 1 aliphatic rings. The predicted molar refractivity (Wildman–Crippen MR) is 74.0 cm³/mol. The minimum atomic E-state index is 0.108. The van der Waals surface area contributed by atoms with E-state index in [-0.39, 0.29) is 5.91 Å². The van der Waals surface area contributed by atoms with E-state index in [4.69, 9.17) is 0 Å². The first kappa shape index (κ1) is 11.4. The molecule has 92 valence electrons. The van der Waals surface area contributed by atoms with Gasteiger partial charge in [0.05, 0.1) is 5.69 Å². The molecule has 1 aromatic heterocycles. The topological polar surface area (TPSA) is 42.0 Å². The maximum atomic E-state index is 11.3. The number of hydrogen-bond donors (Lipinski definition) is 1. The smallest absolute Gasteiger partial charge is 0.224 e. The van der Waals surface area contributed by atoms with E-state index in [0.29, 0.717) is 6.42 Å². The molecule has 0 spiro atoms. The van der Waals surface area contributed by atoms with Crippen LogP contribution >= 0.6 is 11.3 Å². The summed E-state index contributed by atoms with van der Waals surface area (Å²) in [5, 5.41) is 3.96. The van der Waals surface area contributed by atoms with Crippen LogP contribution in [0.1, 0.15) is 22.6 Å². The molecule has 3 nitrogen and oxygen atoms in total. The molecule has 1 amide bonds. The van der Waals surface area contributed by atoms with Crippen molar-refractivity contribution in [1.82, 2.24) is 4.98 Å². The van der Waals surface area contributed by atoms with Gasteiger partial charge < -0.3 is 5.32 Å². The van der Waals surface area contributed by atoms with Crippen molar-refractivity contribution >= 4 is 22.9 Å². The van der Waals surface area contributed by atoms with E-state index < -0.39 is 0 Å².